The van der Waals surface area contributed by atoms with Gasteiger partial charge in [-0.25, -0.2) is 4.79 Å². The summed E-state index contributed by atoms with van der Waals surface area (Å²) in [5.74, 6) is -0.561. The molecule has 2 amide bonds. The highest BCUT2D eigenvalue weighted by atomic mass is 16.6. The number of hydrogen-bond donors (Lipinski definition) is 1. The summed E-state index contributed by atoms with van der Waals surface area (Å²) in [6.45, 7) is 7.35. The second kappa shape index (κ2) is 5.37. The Morgan fingerprint density at radius 2 is 2.06 bits per heavy atom. The van der Waals surface area contributed by atoms with Crippen LogP contribution in [0.2, 0.25) is 0 Å². The van der Waals surface area contributed by atoms with Crippen molar-refractivity contribution in [3.8, 4) is 0 Å². The molecule has 1 rings (SSSR count). The number of carbonyl (C=O) groups excluding carboxylic acids is 3. The normalized spacial score (nSPS) is 19.9. The number of ketones is 1. The van der Waals surface area contributed by atoms with E-state index in [4.69, 9.17) is 4.74 Å². The van der Waals surface area contributed by atoms with Crippen LogP contribution in [0.1, 0.15) is 27.7 Å². The highest BCUT2D eigenvalue weighted by Crippen LogP contribution is 2.16. The molecule has 102 valence electrons. The summed E-state index contributed by atoms with van der Waals surface area (Å²) in [5.41, 5.74) is -0.574. The molecular weight excluding hydrogens is 236 g/mol. The zero-order valence-corrected chi connectivity index (χ0v) is 11.3. The molecule has 0 bridgehead atoms. The summed E-state index contributed by atoms with van der Waals surface area (Å²) in [6.07, 6.45) is -0.485. The molecule has 1 unspecified atom stereocenters. The van der Waals surface area contributed by atoms with Crippen molar-refractivity contribution in [2.75, 3.05) is 19.6 Å². The lowest BCUT2D eigenvalue weighted by Crippen LogP contribution is -2.36. The number of ether oxygens (including phenoxy) is 1. The first-order valence-corrected chi connectivity index (χ1v) is 5.94. The molecule has 1 aliphatic rings. The molecule has 0 radical (unpaired) electrons. The summed E-state index contributed by atoms with van der Waals surface area (Å²) in [4.78, 5) is 35.6. The molecule has 1 atom stereocenters. The lowest BCUT2D eigenvalue weighted by atomic mass is 10.1. The van der Waals surface area contributed by atoms with Crippen LogP contribution < -0.4 is 5.32 Å². The monoisotopic (exact) mass is 256 g/mol. The van der Waals surface area contributed by atoms with Gasteiger partial charge in [0.15, 0.2) is 5.78 Å². The van der Waals surface area contributed by atoms with Crippen LogP contribution >= 0.6 is 0 Å². The third kappa shape index (κ3) is 4.35. The average Bonchev–Trinajstić information content (AvgIpc) is 2.54. The lowest BCUT2D eigenvalue weighted by Gasteiger charge is -2.24. The van der Waals surface area contributed by atoms with E-state index in [1.54, 1.807) is 20.8 Å². The molecule has 1 saturated heterocycles. The van der Waals surface area contributed by atoms with Gasteiger partial charge in [-0.3, -0.25) is 9.59 Å². The SMILES string of the molecule is CC(=O)NCC1CN(C(=O)OC(C)(C)C)CC1=O. The fourth-order valence-corrected chi connectivity index (χ4v) is 1.66. The maximum absolute atomic E-state index is 11.8. The van der Waals surface area contributed by atoms with Gasteiger partial charge in [-0.1, -0.05) is 0 Å². The fraction of sp³-hybridized carbons (Fsp3) is 0.750. The Hall–Kier alpha value is -1.59. The Labute approximate surface area is 107 Å². The quantitative estimate of drug-likeness (QED) is 0.783. The van der Waals surface area contributed by atoms with E-state index >= 15 is 0 Å². The summed E-state index contributed by atoms with van der Waals surface area (Å²) in [5, 5.41) is 2.59. The van der Waals surface area contributed by atoms with Gasteiger partial charge in [0.05, 0.1) is 12.5 Å². The molecule has 1 heterocycles. The van der Waals surface area contributed by atoms with Crippen LogP contribution in [0.3, 0.4) is 0 Å². The predicted molar refractivity (Wildman–Crippen MR) is 65.0 cm³/mol. The second-order valence-electron chi connectivity index (χ2n) is 5.46. The van der Waals surface area contributed by atoms with Crippen molar-refractivity contribution in [3.63, 3.8) is 0 Å². The molecule has 0 spiro atoms. The molecule has 0 aliphatic carbocycles. The van der Waals surface area contributed by atoms with E-state index in [0.29, 0.717) is 6.54 Å². The Morgan fingerprint density at radius 1 is 1.44 bits per heavy atom. The van der Waals surface area contributed by atoms with Crippen LogP contribution in [0, 0.1) is 5.92 Å². The van der Waals surface area contributed by atoms with Crippen molar-refractivity contribution >= 4 is 17.8 Å². The lowest BCUT2D eigenvalue weighted by molar-refractivity contribution is -0.121. The zero-order valence-electron chi connectivity index (χ0n) is 11.3. The van der Waals surface area contributed by atoms with Gasteiger partial charge in [0.25, 0.3) is 0 Å². The van der Waals surface area contributed by atoms with Crippen LogP contribution in [-0.4, -0.2) is 47.9 Å². The molecule has 6 nitrogen and oxygen atoms in total. The Kier molecular flexibility index (Phi) is 4.32. The third-order valence-corrected chi connectivity index (χ3v) is 2.49. The van der Waals surface area contributed by atoms with Crippen molar-refractivity contribution in [3.05, 3.63) is 0 Å². The highest BCUT2D eigenvalue weighted by Gasteiger charge is 2.35. The van der Waals surface area contributed by atoms with E-state index in [0.717, 1.165) is 0 Å². The minimum atomic E-state index is -0.574. The minimum absolute atomic E-state index is 0.0467. The first kappa shape index (κ1) is 14.5. The first-order chi connectivity index (χ1) is 8.19. The largest absolute Gasteiger partial charge is 0.444 e. The van der Waals surface area contributed by atoms with E-state index in [-0.39, 0.29) is 30.7 Å². The molecule has 1 N–H and O–H groups in total. The molecule has 0 aromatic heterocycles. The van der Waals surface area contributed by atoms with Crippen LogP contribution in [-0.2, 0) is 14.3 Å². The zero-order chi connectivity index (χ0) is 13.9. The molecular formula is C12H20N2O4. The van der Waals surface area contributed by atoms with Gasteiger partial charge >= 0.3 is 6.09 Å². The average molecular weight is 256 g/mol. The van der Waals surface area contributed by atoms with Gasteiger partial charge in [0.1, 0.15) is 5.60 Å². The second-order valence-corrected chi connectivity index (χ2v) is 5.46. The van der Waals surface area contributed by atoms with Crippen LogP contribution in [0.15, 0.2) is 0 Å². The maximum Gasteiger partial charge on any atom is 0.410 e. The number of carbonyl (C=O) groups is 3. The Bertz CT molecular complexity index is 360. The molecule has 0 aromatic rings. The van der Waals surface area contributed by atoms with Gasteiger partial charge < -0.3 is 15.0 Å². The van der Waals surface area contributed by atoms with Gasteiger partial charge in [-0.05, 0) is 20.8 Å². The molecule has 0 aromatic carbocycles. The predicted octanol–water partition coefficient (Wildman–Crippen LogP) is 0.558. The topological polar surface area (TPSA) is 75.7 Å². The summed E-state index contributed by atoms with van der Waals surface area (Å²) in [6, 6.07) is 0. The Balaban J connectivity index is 2.50. The van der Waals surface area contributed by atoms with E-state index in [1.165, 1.54) is 11.8 Å². The Morgan fingerprint density at radius 3 is 2.56 bits per heavy atom. The van der Waals surface area contributed by atoms with E-state index < -0.39 is 11.7 Å². The molecule has 1 fully saturated rings. The van der Waals surface area contributed by atoms with Crippen molar-refractivity contribution in [1.29, 1.82) is 0 Å². The van der Waals surface area contributed by atoms with Gasteiger partial charge in [-0.2, -0.15) is 0 Å². The summed E-state index contributed by atoms with van der Waals surface area (Å²) < 4.78 is 5.19. The van der Waals surface area contributed by atoms with Gasteiger partial charge in [0, 0.05) is 20.0 Å². The standard InChI is InChI=1S/C12H20N2O4/c1-8(15)13-5-9-6-14(7-10(9)16)11(17)18-12(2,3)4/h9H,5-7H2,1-4H3,(H,13,15). The van der Waals surface area contributed by atoms with Crippen LogP contribution in [0.5, 0.6) is 0 Å². The molecule has 0 saturated carbocycles. The third-order valence-electron chi connectivity index (χ3n) is 2.49. The maximum atomic E-state index is 11.8. The number of Topliss-reactive ketones (excluding diaryl/α,β-unsaturated/α-hetero) is 1. The fourth-order valence-electron chi connectivity index (χ4n) is 1.66. The molecule has 6 heteroatoms. The van der Waals surface area contributed by atoms with Gasteiger partial charge in [0.2, 0.25) is 5.91 Å². The van der Waals surface area contributed by atoms with E-state index in [2.05, 4.69) is 5.32 Å². The first-order valence-electron chi connectivity index (χ1n) is 5.94. The number of hydrogen-bond acceptors (Lipinski definition) is 4. The van der Waals surface area contributed by atoms with Crippen molar-refractivity contribution < 1.29 is 19.1 Å². The van der Waals surface area contributed by atoms with Crippen molar-refractivity contribution in [1.82, 2.24) is 10.2 Å². The minimum Gasteiger partial charge on any atom is -0.444 e. The summed E-state index contributed by atoms with van der Waals surface area (Å²) >= 11 is 0. The van der Waals surface area contributed by atoms with Crippen molar-refractivity contribution in [2.24, 2.45) is 5.92 Å². The van der Waals surface area contributed by atoms with Crippen molar-refractivity contribution in [2.45, 2.75) is 33.3 Å². The number of amides is 2. The molecule has 18 heavy (non-hydrogen) atoms. The van der Waals surface area contributed by atoms with E-state index in [9.17, 15) is 14.4 Å². The molecule has 1 aliphatic heterocycles. The smallest absolute Gasteiger partial charge is 0.410 e. The number of nitrogens with zero attached hydrogens (tertiary/aromatic N) is 1. The summed E-state index contributed by atoms with van der Waals surface area (Å²) in [7, 11) is 0. The number of rotatable bonds is 2. The highest BCUT2D eigenvalue weighted by molar-refractivity contribution is 5.90. The number of likely N-dealkylation sites (tertiary alicyclic amines) is 1. The van der Waals surface area contributed by atoms with Gasteiger partial charge in [-0.15, -0.1) is 0 Å². The van der Waals surface area contributed by atoms with Crippen LogP contribution in [0.4, 0.5) is 4.79 Å². The van der Waals surface area contributed by atoms with Crippen LogP contribution in [0.25, 0.3) is 0 Å². The number of nitrogens with one attached hydrogen (secondary N) is 1. The van der Waals surface area contributed by atoms with E-state index in [1.807, 2.05) is 0 Å².